The van der Waals surface area contributed by atoms with Crippen LogP contribution in [0.3, 0.4) is 0 Å². The Morgan fingerprint density at radius 1 is 0.259 bits per heavy atom. The molecule has 0 unspecified atom stereocenters. The third-order valence-electron chi connectivity index (χ3n) is 12.4. The molecule has 0 saturated heterocycles. The Bertz CT molecular complexity index is 3800. The molecule has 11 aromatic carbocycles. The second-order valence-electron chi connectivity index (χ2n) is 15.5. The summed E-state index contributed by atoms with van der Waals surface area (Å²) in [6.07, 6.45) is 0. The lowest BCUT2D eigenvalue weighted by molar-refractivity contribution is 1.66. The lowest BCUT2D eigenvalue weighted by Gasteiger charge is -2.20. The van der Waals surface area contributed by atoms with Gasteiger partial charge >= 0.3 is 0 Å². The minimum Gasteiger partial charge on any atom is -0.135 e. The Labute approximate surface area is 342 Å². The van der Waals surface area contributed by atoms with Crippen LogP contribution in [0.1, 0.15) is 0 Å². The fraction of sp³-hybridized carbons (Fsp3) is 0. The quantitative estimate of drug-likeness (QED) is 0.157. The third kappa shape index (κ3) is 4.68. The van der Waals surface area contributed by atoms with Crippen molar-refractivity contribution in [3.63, 3.8) is 0 Å². The summed E-state index contributed by atoms with van der Waals surface area (Å²) in [5.41, 5.74) is 7.58. The highest BCUT2D eigenvalue weighted by Gasteiger charge is 2.20. The summed E-state index contributed by atoms with van der Waals surface area (Å²) in [6.45, 7) is 0. The molecule has 0 spiro atoms. The van der Waals surface area contributed by atoms with Crippen LogP contribution < -0.4 is 0 Å². The summed E-state index contributed by atoms with van der Waals surface area (Å²) in [5, 5.41) is 18.2. The first kappa shape index (κ1) is 32.3. The number of benzene rings is 11. The van der Waals surface area contributed by atoms with Crippen LogP contribution in [0.2, 0.25) is 0 Å². The lowest BCUT2D eigenvalue weighted by Crippen LogP contribution is -1.92. The van der Waals surface area contributed by atoms with Gasteiger partial charge in [0, 0.05) is 40.3 Å². The maximum absolute atomic E-state index is 2.42. The van der Waals surface area contributed by atoms with Gasteiger partial charge in [0.2, 0.25) is 0 Å². The van der Waals surface area contributed by atoms with Crippen molar-refractivity contribution in [2.45, 2.75) is 0 Å². The average molecular weight is 769 g/mol. The van der Waals surface area contributed by atoms with Crippen molar-refractivity contribution in [3.8, 4) is 33.4 Å². The molecule has 0 amide bonds. The van der Waals surface area contributed by atoms with Crippen LogP contribution in [-0.4, -0.2) is 0 Å². The molecule has 0 saturated carbocycles. The van der Waals surface area contributed by atoms with E-state index in [0.717, 1.165) is 0 Å². The van der Waals surface area contributed by atoms with Gasteiger partial charge in [0.15, 0.2) is 0 Å². The highest BCUT2D eigenvalue weighted by molar-refractivity contribution is 7.29. The maximum atomic E-state index is 2.42. The van der Waals surface area contributed by atoms with Gasteiger partial charge in [0.05, 0.1) is 0 Å². The molecule has 2 heteroatoms. The van der Waals surface area contributed by atoms with Crippen LogP contribution in [0, 0.1) is 0 Å². The van der Waals surface area contributed by atoms with Gasteiger partial charge in [-0.3, -0.25) is 0 Å². The van der Waals surface area contributed by atoms with Crippen LogP contribution >= 0.6 is 22.7 Å². The standard InChI is InChI=1S/C56H32S2/c1-2-12-34-29-37(24-21-33(34)11-1)53-42-15-5-7-17-44(42)54(45-18-8-6-16-43(45)53)46-26-25-39(40-13-3-4-14-41(40)46)36-23-22-35-31-49-47-27-28-51-55(48-19-9-10-20-50(48)57-51)56(47)58-52(49)32-38(35)30-36/h1-32H. The summed E-state index contributed by atoms with van der Waals surface area (Å²) in [4.78, 5) is 0. The summed E-state index contributed by atoms with van der Waals surface area (Å²) >= 11 is 3.83. The normalized spacial score (nSPS) is 12.1. The topological polar surface area (TPSA) is 0 Å². The number of thiophene rings is 2. The molecule has 0 nitrogen and oxygen atoms in total. The monoisotopic (exact) mass is 768 g/mol. The smallest absolute Gasteiger partial charge is 0.0448 e. The summed E-state index contributed by atoms with van der Waals surface area (Å²) < 4.78 is 5.46. The van der Waals surface area contributed by atoms with E-state index < -0.39 is 0 Å². The van der Waals surface area contributed by atoms with E-state index in [9.17, 15) is 0 Å². The molecule has 0 N–H and O–H groups in total. The maximum Gasteiger partial charge on any atom is 0.0448 e. The minimum absolute atomic E-state index is 1.24. The molecule has 13 rings (SSSR count). The molecule has 268 valence electrons. The molecule has 2 heterocycles. The molecule has 0 fully saturated rings. The zero-order valence-corrected chi connectivity index (χ0v) is 32.9. The highest BCUT2D eigenvalue weighted by Crippen LogP contribution is 2.48. The van der Waals surface area contributed by atoms with E-state index in [0.29, 0.717) is 0 Å². The highest BCUT2D eigenvalue weighted by atomic mass is 32.1. The first-order valence-corrected chi connectivity index (χ1v) is 21.5. The molecule has 0 atom stereocenters. The van der Waals surface area contributed by atoms with Gasteiger partial charge in [0.1, 0.15) is 0 Å². The fourth-order valence-corrected chi connectivity index (χ4v) is 12.3. The number of hydrogen-bond acceptors (Lipinski definition) is 2. The molecule has 0 aliphatic carbocycles. The first-order chi connectivity index (χ1) is 28.7. The largest absolute Gasteiger partial charge is 0.135 e. The minimum atomic E-state index is 1.24. The lowest BCUT2D eigenvalue weighted by atomic mass is 9.83. The van der Waals surface area contributed by atoms with Crippen LogP contribution in [0.25, 0.3) is 128 Å². The number of fused-ring (bicyclic) bond motifs is 12. The van der Waals surface area contributed by atoms with E-state index >= 15 is 0 Å². The van der Waals surface area contributed by atoms with Crippen molar-refractivity contribution in [2.24, 2.45) is 0 Å². The van der Waals surface area contributed by atoms with Crippen molar-refractivity contribution >= 4 is 117 Å². The molecule has 58 heavy (non-hydrogen) atoms. The zero-order valence-electron chi connectivity index (χ0n) is 31.3. The van der Waals surface area contributed by atoms with Gasteiger partial charge in [-0.05, 0) is 124 Å². The average Bonchev–Trinajstić information content (AvgIpc) is 3.84. The van der Waals surface area contributed by atoms with E-state index in [-0.39, 0.29) is 0 Å². The second kappa shape index (κ2) is 12.3. The molecule has 0 radical (unpaired) electrons. The van der Waals surface area contributed by atoms with Gasteiger partial charge < -0.3 is 0 Å². The molecule has 0 aliphatic heterocycles. The molecular weight excluding hydrogens is 737 g/mol. The summed E-state index contributed by atoms with van der Waals surface area (Å²) in [7, 11) is 0. The predicted octanol–water partition coefficient (Wildman–Crippen LogP) is 17.2. The van der Waals surface area contributed by atoms with Crippen molar-refractivity contribution in [1.29, 1.82) is 0 Å². The fourth-order valence-electron chi connectivity index (χ4n) is 9.80. The van der Waals surface area contributed by atoms with E-state index in [1.165, 1.54) is 128 Å². The van der Waals surface area contributed by atoms with Gasteiger partial charge in [-0.15, -0.1) is 22.7 Å². The molecule has 0 bridgehead atoms. The van der Waals surface area contributed by atoms with Gasteiger partial charge in [-0.2, -0.15) is 0 Å². The second-order valence-corrected chi connectivity index (χ2v) is 17.7. The van der Waals surface area contributed by atoms with Crippen LogP contribution in [0.5, 0.6) is 0 Å². The van der Waals surface area contributed by atoms with Gasteiger partial charge in [-0.1, -0.05) is 158 Å². The molecule has 13 aromatic rings. The van der Waals surface area contributed by atoms with E-state index in [4.69, 9.17) is 0 Å². The molecular formula is C56H32S2. The first-order valence-electron chi connectivity index (χ1n) is 19.9. The van der Waals surface area contributed by atoms with Crippen LogP contribution in [-0.2, 0) is 0 Å². The number of hydrogen-bond donors (Lipinski definition) is 0. The van der Waals surface area contributed by atoms with E-state index in [2.05, 4.69) is 194 Å². The molecule has 2 aromatic heterocycles. The Morgan fingerprint density at radius 3 is 1.60 bits per heavy atom. The van der Waals surface area contributed by atoms with E-state index in [1.54, 1.807) is 0 Å². The molecule has 0 aliphatic rings. The Balaban J connectivity index is 1.00. The Kier molecular flexibility index (Phi) is 6.86. The third-order valence-corrected chi connectivity index (χ3v) is 14.7. The van der Waals surface area contributed by atoms with E-state index in [1.807, 2.05) is 22.7 Å². The summed E-state index contributed by atoms with van der Waals surface area (Å²) in [6, 6.07) is 72.6. The van der Waals surface area contributed by atoms with Crippen LogP contribution in [0.15, 0.2) is 194 Å². The van der Waals surface area contributed by atoms with Gasteiger partial charge in [0.25, 0.3) is 0 Å². The Hall–Kier alpha value is -6.84. The zero-order chi connectivity index (χ0) is 37.9. The van der Waals surface area contributed by atoms with Crippen molar-refractivity contribution in [3.05, 3.63) is 194 Å². The van der Waals surface area contributed by atoms with Crippen molar-refractivity contribution in [1.82, 2.24) is 0 Å². The van der Waals surface area contributed by atoms with Gasteiger partial charge in [-0.25, -0.2) is 0 Å². The summed E-state index contributed by atoms with van der Waals surface area (Å²) in [5.74, 6) is 0. The van der Waals surface area contributed by atoms with Crippen LogP contribution in [0.4, 0.5) is 0 Å². The van der Waals surface area contributed by atoms with Crippen molar-refractivity contribution in [2.75, 3.05) is 0 Å². The van der Waals surface area contributed by atoms with Crippen molar-refractivity contribution < 1.29 is 0 Å². The number of rotatable bonds is 3. The Morgan fingerprint density at radius 2 is 0.828 bits per heavy atom. The SMILES string of the molecule is c1ccc2cc(-c3c4ccccc4c(-c4ccc(-c5ccc6cc7c(cc6c5)sc5c7ccc6sc7ccccc7c65)c5ccccc45)c4ccccc34)ccc2c1. The predicted molar refractivity (Wildman–Crippen MR) is 256 cm³/mol.